The van der Waals surface area contributed by atoms with Gasteiger partial charge < -0.3 is 9.22 Å². The Morgan fingerprint density at radius 1 is 0.960 bits per heavy atom. The van der Waals surface area contributed by atoms with Crippen LogP contribution in [-0.2, 0) is 9.22 Å². The number of benzene rings is 2. The zero-order chi connectivity index (χ0) is 18.3. The van der Waals surface area contributed by atoms with Crippen LogP contribution in [0.4, 0.5) is 0 Å². The van der Waals surface area contributed by atoms with Crippen LogP contribution in [0, 0.1) is 5.92 Å². The van der Waals surface area contributed by atoms with Crippen LogP contribution < -0.4 is 10.4 Å². The molecule has 1 unspecified atom stereocenters. The van der Waals surface area contributed by atoms with E-state index >= 15 is 0 Å². The van der Waals surface area contributed by atoms with E-state index in [1.165, 1.54) is 15.9 Å². The summed E-state index contributed by atoms with van der Waals surface area (Å²) in [7, 11) is -2.56. The predicted molar refractivity (Wildman–Crippen MR) is 108 cm³/mol. The van der Waals surface area contributed by atoms with Crippen LogP contribution in [0.3, 0.4) is 0 Å². The SMILES string of the molecule is CC(C)=CC[Si](OC(C=O)C(C)C)(c1ccccc1)c1ccccc1. The van der Waals surface area contributed by atoms with Gasteiger partial charge in [-0.15, -0.1) is 0 Å². The van der Waals surface area contributed by atoms with Crippen molar-refractivity contribution in [3.05, 3.63) is 72.3 Å². The second-order valence-electron chi connectivity index (χ2n) is 7.01. The highest BCUT2D eigenvalue weighted by Gasteiger charge is 2.41. The highest BCUT2D eigenvalue weighted by atomic mass is 28.4. The number of hydrogen-bond acceptors (Lipinski definition) is 2. The maximum atomic E-state index is 11.7. The first-order valence-electron chi connectivity index (χ1n) is 8.87. The molecular weight excluding hydrogens is 324 g/mol. The molecule has 132 valence electrons. The summed E-state index contributed by atoms with van der Waals surface area (Å²) in [4.78, 5) is 11.7. The first-order valence-corrected chi connectivity index (χ1v) is 11.0. The number of allylic oxidation sites excluding steroid dienone is 2. The van der Waals surface area contributed by atoms with Gasteiger partial charge in [-0.25, -0.2) is 0 Å². The van der Waals surface area contributed by atoms with Crippen LogP contribution in [0.1, 0.15) is 27.7 Å². The minimum Gasteiger partial charge on any atom is -0.398 e. The summed E-state index contributed by atoms with van der Waals surface area (Å²) >= 11 is 0. The lowest BCUT2D eigenvalue weighted by molar-refractivity contribution is -0.115. The smallest absolute Gasteiger partial charge is 0.260 e. The molecule has 0 aliphatic carbocycles. The third kappa shape index (κ3) is 4.77. The van der Waals surface area contributed by atoms with Crippen molar-refractivity contribution in [2.75, 3.05) is 0 Å². The van der Waals surface area contributed by atoms with Crippen molar-refractivity contribution in [1.82, 2.24) is 0 Å². The van der Waals surface area contributed by atoms with E-state index in [1.54, 1.807) is 0 Å². The van der Waals surface area contributed by atoms with Crippen LogP contribution >= 0.6 is 0 Å². The van der Waals surface area contributed by atoms with E-state index in [9.17, 15) is 4.79 Å². The van der Waals surface area contributed by atoms with E-state index in [-0.39, 0.29) is 5.92 Å². The van der Waals surface area contributed by atoms with Gasteiger partial charge in [0.25, 0.3) is 8.32 Å². The van der Waals surface area contributed by atoms with E-state index < -0.39 is 14.4 Å². The van der Waals surface area contributed by atoms with Gasteiger partial charge in [0.15, 0.2) is 0 Å². The van der Waals surface area contributed by atoms with Gasteiger partial charge in [0, 0.05) is 0 Å². The van der Waals surface area contributed by atoms with Gasteiger partial charge in [-0.2, -0.15) is 0 Å². The normalized spacial score (nSPS) is 12.7. The average molecular weight is 353 g/mol. The quantitative estimate of drug-likeness (QED) is 0.408. The minimum absolute atomic E-state index is 0.142. The van der Waals surface area contributed by atoms with E-state index in [2.05, 4.69) is 68.5 Å². The molecule has 0 amide bonds. The number of hydrogen-bond donors (Lipinski definition) is 0. The molecular formula is C22H28O2Si. The van der Waals surface area contributed by atoms with Crippen molar-refractivity contribution in [3.8, 4) is 0 Å². The van der Waals surface area contributed by atoms with E-state index in [1.807, 2.05) is 26.0 Å². The molecule has 0 N–H and O–H groups in total. The Kier molecular flexibility index (Phi) is 6.91. The Hall–Kier alpha value is -1.97. The Bertz CT molecular complexity index is 649. The lowest BCUT2D eigenvalue weighted by Gasteiger charge is -2.35. The summed E-state index contributed by atoms with van der Waals surface area (Å²) < 4.78 is 6.70. The second-order valence-corrected chi connectivity index (χ2v) is 10.5. The molecule has 0 saturated heterocycles. The molecule has 0 bridgehead atoms. The Labute approximate surface area is 152 Å². The fourth-order valence-corrected chi connectivity index (χ4v) is 7.03. The van der Waals surface area contributed by atoms with Gasteiger partial charge in [0.1, 0.15) is 12.4 Å². The van der Waals surface area contributed by atoms with Gasteiger partial charge >= 0.3 is 0 Å². The molecule has 2 aromatic carbocycles. The number of rotatable bonds is 8. The summed E-state index contributed by atoms with van der Waals surface area (Å²) in [5, 5.41) is 2.40. The third-order valence-corrected chi connectivity index (χ3v) is 8.39. The standard InChI is InChI=1S/C22H28O2Si/c1-18(2)15-16-25(20-11-7-5-8-12-20,21-13-9-6-10-14-21)24-22(17-23)19(3)4/h5-15,17,19,22H,16H2,1-4H3. The van der Waals surface area contributed by atoms with E-state index in [0.717, 1.165) is 12.3 Å². The zero-order valence-corrected chi connectivity index (χ0v) is 16.6. The molecule has 2 rings (SSSR count). The van der Waals surface area contributed by atoms with E-state index in [0.29, 0.717) is 0 Å². The van der Waals surface area contributed by atoms with Gasteiger partial charge in [-0.05, 0) is 36.2 Å². The molecule has 0 fully saturated rings. The van der Waals surface area contributed by atoms with Crippen LogP contribution in [-0.4, -0.2) is 20.7 Å². The number of carbonyl (C=O) groups is 1. The third-order valence-electron chi connectivity index (χ3n) is 4.41. The predicted octanol–water partition coefficient (Wildman–Crippen LogP) is 3.95. The van der Waals surface area contributed by atoms with Crippen molar-refractivity contribution in [2.45, 2.75) is 39.8 Å². The van der Waals surface area contributed by atoms with Gasteiger partial charge in [-0.1, -0.05) is 86.2 Å². The molecule has 25 heavy (non-hydrogen) atoms. The van der Waals surface area contributed by atoms with E-state index in [4.69, 9.17) is 4.43 Å². The highest BCUT2D eigenvalue weighted by Crippen LogP contribution is 2.20. The highest BCUT2D eigenvalue weighted by molar-refractivity contribution is 6.97. The molecule has 0 radical (unpaired) electrons. The molecule has 3 heteroatoms. The number of aldehydes is 1. The van der Waals surface area contributed by atoms with Crippen LogP contribution in [0.2, 0.25) is 6.04 Å². The largest absolute Gasteiger partial charge is 0.398 e. The fraction of sp³-hybridized carbons (Fsp3) is 0.318. The molecule has 0 aliphatic rings. The fourth-order valence-electron chi connectivity index (χ4n) is 2.90. The summed E-state index contributed by atoms with van der Waals surface area (Å²) in [6, 6.07) is 21.6. The second kappa shape index (κ2) is 8.93. The van der Waals surface area contributed by atoms with Crippen LogP contribution in [0.15, 0.2) is 72.3 Å². The maximum absolute atomic E-state index is 11.7. The summed E-state index contributed by atoms with van der Waals surface area (Å²) in [5.74, 6) is 0.142. The van der Waals surface area contributed by atoms with Crippen molar-refractivity contribution >= 4 is 25.0 Å². The Morgan fingerprint density at radius 3 is 1.80 bits per heavy atom. The van der Waals surface area contributed by atoms with Gasteiger partial charge in [0.2, 0.25) is 0 Å². The summed E-state index contributed by atoms with van der Waals surface area (Å²) in [6.45, 7) is 8.29. The van der Waals surface area contributed by atoms with Crippen molar-refractivity contribution in [3.63, 3.8) is 0 Å². The average Bonchev–Trinajstić information content (AvgIpc) is 2.63. The molecule has 0 saturated carbocycles. The molecule has 0 aliphatic heterocycles. The van der Waals surface area contributed by atoms with Gasteiger partial charge in [0.05, 0.1) is 0 Å². The zero-order valence-electron chi connectivity index (χ0n) is 15.6. The van der Waals surface area contributed by atoms with Crippen LogP contribution in [0.5, 0.6) is 0 Å². The molecule has 0 heterocycles. The summed E-state index contributed by atoms with van der Waals surface area (Å²) in [6.07, 6.45) is 2.80. The monoisotopic (exact) mass is 352 g/mol. The Morgan fingerprint density at radius 2 is 1.44 bits per heavy atom. The van der Waals surface area contributed by atoms with Crippen molar-refractivity contribution in [1.29, 1.82) is 0 Å². The lowest BCUT2D eigenvalue weighted by Crippen LogP contribution is -2.62. The molecule has 0 aromatic heterocycles. The molecule has 0 spiro atoms. The van der Waals surface area contributed by atoms with Gasteiger partial charge in [-0.3, -0.25) is 0 Å². The first kappa shape index (κ1) is 19.4. The first-order chi connectivity index (χ1) is 12.0. The summed E-state index contributed by atoms with van der Waals surface area (Å²) in [5.41, 5.74) is 1.26. The number of carbonyl (C=O) groups excluding carboxylic acids is 1. The molecule has 2 nitrogen and oxygen atoms in total. The van der Waals surface area contributed by atoms with Crippen molar-refractivity contribution < 1.29 is 9.22 Å². The van der Waals surface area contributed by atoms with Crippen molar-refractivity contribution in [2.24, 2.45) is 5.92 Å². The van der Waals surface area contributed by atoms with Crippen LogP contribution in [0.25, 0.3) is 0 Å². The minimum atomic E-state index is -2.56. The topological polar surface area (TPSA) is 26.3 Å². The lowest BCUT2D eigenvalue weighted by atomic mass is 10.1. The maximum Gasteiger partial charge on any atom is 0.260 e. The molecule has 1 atom stereocenters. The Balaban J connectivity index is 2.64. The molecule has 2 aromatic rings.